The summed E-state index contributed by atoms with van der Waals surface area (Å²) >= 11 is 10.1. The summed E-state index contributed by atoms with van der Waals surface area (Å²) in [5, 5.41) is 11.0. The Balaban J connectivity index is -0.00000117. The Bertz CT molecular complexity index is 1570. The van der Waals surface area contributed by atoms with Crippen LogP contribution < -0.4 is 15.6 Å². The minimum Gasteiger partial charge on any atom is -0.550 e. The largest absolute Gasteiger partial charge is 0.550 e. The summed E-state index contributed by atoms with van der Waals surface area (Å²) in [4.78, 5) is 94.7. The SMILES string of the molecule is CC(C)(C)OC(=O)CC(C[N+](C)(C)C)OC(=O)C(Br)CC(C)(C)C(=O)OCCN.CNS.COC(C)C(=O)OCC(=O)CCCOC(=O)C(C)(C)CC(Br)C(=O)OC(CC(=O)[O-])C[N+](C)(C)C. The second-order valence-corrected chi connectivity index (χ2v) is 22.6. The van der Waals surface area contributed by atoms with E-state index in [4.69, 9.17) is 38.9 Å². The molecule has 0 bridgehead atoms. The number of alkyl halides is 2. The molecule has 20 nitrogen and oxygen atoms in total. The van der Waals surface area contributed by atoms with Crippen molar-refractivity contribution in [2.75, 3.05) is 95.9 Å². The summed E-state index contributed by atoms with van der Waals surface area (Å²) in [7, 11) is 14.4. The van der Waals surface area contributed by atoms with Crippen LogP contribution in [0, 0.1) is 10.8 Å². The number of likely N-dealkylation sites (N-methyl/N-ethyl adjacent to an activating group) is 2. The molecule has 0 amide bonds. The number of carbonyl (C=O) groups excluding carboxylic acids is 8. The van der Waals surface area contributed by atoms with Crippen LogP contribution in [-0.4, -0.2) is 186 Å². The standard InChI is InChI=1S/C23H38BrNO10.C20H38BrN2O6.CH5NS/c1-15(32-7)20(29)34-14-16(26)9-8-10-33-22(31)23(2,3)12-18(24)21(30)35-17(11-19(27)28)13-25(4,5)6;1-19(2,3)29-16(24)11-14(13-23(6,7)8)28-17(25)15(21)12-20(4,5)18(26)27-10-9-22;1-2-3/h15,17-18H,8-14H2,1-7H3;14-15H,9-13,22H2,1-8H3;2-3H,1H3/q;+1;. The number of carboxylic acid groups (broad SMARTS) is 1. The van der Waals surface area contributed by atoms with Crippen LogP contribution in [0.1, 0.15) is 93.9 Å². The van der Waals surface area contributed by atoms with Gasteiger partial charge in [-0.1, -0.05) is 44.7 Å². The number of esters is 6. The molecule has 0 aliphatic heterocycles. The van der Waals surface area contributed by atoms with Crippen molar-refractivity contribution < 1.29 is 85.6 Å². The number of hydrogen-bond acceptors (Lipinski definition) is 19. The number of aliphatic carboxylic acids is 1. The molecular weight excluding hydrogens is 1030 g/mol. The number of rotatable bonds is 28. The van der Waals surface area contributed by atoms with Gasteiger partial charge in [-0.2, -0.15) is 0 Å². The molecule has 0 saturated carbocycles. The third kappa shape index (κ3) is 36.7. The Morgan fingerprint density at radius 2 is 1.10 bits per heavy atom. The van der Waals surface area contributed by atoms with E-state index in [0.29, 0.717) is 15.5 Å². The average molecular weight is 1110 g/mol. The van der Waals surface area contributed by atoms with E-state index in [-0.39, 0.29) is 70.8 Å². The molecule has 3 N–H and O–H groups in total. The second-order valence-electron chi connectivity index (χ2n) is 20.0. The fourth-order valence-corrected chi connectivity index (χ4v) is 7.22. The maximum Gasteiger partial charge on any atom is 0.335 e. The highest BCUT2D eigenvalue weighted by Crippen LogP contribution is 2.30. The molecule has 0 aromatic rings. The molecule has 0 aromatic carbocycles. The van der Waals surface area contributed by atoms with Gasteiger partial charge in [-0.05, 0) is 81.7 Å². The summed E-state index contributed by atoms with van der Waals surface area (Å²) < 4.78 is 39.6. The van der Waals surface area contributed by atoms with Crippen molar-refractivity contribution in [1.29, 1.82) is 0 Å². The van der Waals surface area contributed by atoms with Gasteiger partial charge in [-0.15, -0.1) is 0 Å². The maximum atomic E-state index is 12.6. The van der Waals surface area contributed by atoms with Crippen LogP contribution >= 0.6 is 44.7 Å². The van der Waals surface area contributed by atoms with Gasteiger partial charge in [0.05, 0.1) is 66.1 Å². The molecule has 0 aliphatic rings. The average Bonchev–Trinajstić information content (AvgIpc) is 3.14. The zero-order chi connectivity index (χ0) is 53.1. The fraction of sp³-hybridized carbons (Fsp3) is 0.818. The third-order valence-electron chi connectivity index (χ3n) is 8.52. The number of halogens is 2. The fourth-order valence-electron chi connectivity index (χ4n) is 5.38. The maximum absolute atomic E-state index is 12.6. The van der Waals surface area contributed by atoms with Crippen LogP contribution in [-0.2, 0) is 71.5 Å². The van der Waals surface area contributed by atoms with Crippen LogP contribution in [0.15, 0.2) is 0 Å². The zero-order valence-corrected chi connectivity index (χ0v) is 46.6. The van der Waals surface area contributed by atoms with Crippen molar-refractivity contribution in [2.45, 2.75) is 127 Å². The second kappa shape index (κ2) is 32.8. The van der Waals surface area contributed by atoms with Gasteiger partial charge < -0.3 is 57.8 Å². The molecule has 0 saturated heterocycles. The topological polar surface area (TPSA) is 262 Å². The number of carboxylic acids is 1. The first-order chi connectivity index (χ1) is 30.4. The van der Waals surface area contributed by atoms with Gasteiger partial charge in [0.2, 0.25) is 0 Å². The number of nitrogens with zero attached hydrogens (tertiary/aromatic N) is 2. The number of quaternary nitrogens is 2. The van der Waals surface area contributed by atoms with Gasteiger partial charge in [0, 0.05) is 32.5 Å². The van der Waals surface area contributed by atoms with Crippen molar-refractivity contribution in [1.82, 2.24) is 4.72 Å². The van der Waals surface area contributed by atoms with E-state index < -0.39 is 92.6 Å². The number of thiol groups is 1. The molecule has 0 spiro atoms. The Hall–Kier alpha value is -2.93. The summed E-state index contributed by atoms with van der Waals surface area (Å²) in [6, 6.07) is 0. The molecule has 23 heteroatoms. The van der Waals surface area contributed by atoms with Crippen LogP contribution in [0.2, 0.25) is 0 Å². The van der Waals surface area contributed by atoms with Crippen molar-refractivity contribution in [2.24, 2.45) is 16.6 Å². The number of methoxy groups -OCH3 is 1. The number of nitrogens with two attached hydrogens (primary N) is 1. The van der Waals surface area contributed by atoms with Crippen LogP contribution in [0.3, 0.4) is 0 Å². The van der Waals surface area contributed by atoms with E-state index in [9.17, 15) is 43.5 Å². The molecule has 0 aliphatic carbocycles. The minimum absolute atomic E-state index is 0.0228. The van der Waals surface area contributed by atoms with Gasteiger partial charge in [0.15, 0.2) is 24.1 Å². The number of ether oxygens (including phenoxy) is 7. The van der Waals surface area contributed by atoms with E-state index >= 15 is 0 Å². The molecule has 0 radical (unpaired) electrons. The first-order valence-corrected chi connectivity index (χ1v) is 23.9. The molecule has 0 fully saturated rings. The molecule has 0 rings (SSSR count). The lowest BCUT2D eigenvalue weighted by Crippen LogP contribution is -2.46. The molecule has 0 heterocycles. The lowest BCUT2D eigenvalue weighted by molar-refractivity contribution is -0.873. The van der Waals surface area contributed by atoms with Crippen molar-refractivity contribution in [3.05, 3.63) is 0 Å². The lowest BCUT2D eigenvalue weighted by Gasteiger charge is -2.30. The van der Waals surface area contributed by atoms with Crippen molar-refractivity contribution >= 4 is 92.2 Å². The van der Waals surface area contributed by atoms with Gasteiger partial charge in [0.1, 0.15) is 41.6 Å². The molecule has 0 aromatic heterocycles. The van der Waals surface area contributed by atoms with Gasteiger partial charge >= 0.3 is 35.8 Å². The zero-order valence-electron chi connectivity index (χ0n) is 42.6. The first-order valence-electron chi connectivity index (χ1n) is 21.6. The number of nitrogens with one attached hydrogen (secondary N) is 1. The van der Waals surface area contributed by atoms with E-state index in [2.05, 4.69) is 49.4 Å². The predicted octanol–water partition coefficient (Wildman–Crippen LogP) is 2.46. The smallest absolute Gasteiger partial charge is 0.335 e. The van der Waals surface area contributed by atoms with Gasteiger partial charge in [-0.25, -0.2) is 4.79 Å². The number of Topliss-reactive ketones (excluding diaryl/α,β-unsaturated/α-hetero) is 1. The van der Waals surface area contributed by atoms with Gasteiger partial charge in [0.25, 0.3) is 0 Å². The van der Waals surface area contributed by atoms with Crippen molar-refractivity contribution in [3.8, 4) is 0 Å². The van der Waals surface area contributed by atoms with Crippen LogP contribution in [0.25, 0.3) is 0 Å². The van der Waals surface area contributed by atoms with Crippen LogP contribution in [0.5, 0.6) is 0 Å². The highest BCUT2D eigenvalue weighted by Gasteiger charge is 2.38. The Morgan fingerprint density at radius 1 is 0.701 bits per heavy atom. The Morgan fingerprint density at radius 3 is 1.46 bits per heavy atom. The summed E-state index contributed by atoms with van der Waals surface area (Å²) in [6.45, 7) is 14.1. The van der Waals surface area contributed by atoms with Gasteiger partial charge in [-0.3, -0.25) is 33.5 Å². The monoisotopic (exact) mass is 1110 g/mol. The highest BCUT2D eigenvalue weighted by molar-refractivity contribution is 9.10. The van der Waals surface area contributed by atoms with E-state index in [0.717, 1.165) is 0 Å². The summed E-state index contributed by atoms with van der Waals surface area (Å²) in [5.41, 5.74) is 2.77. The van der Waals surface area contributed by atoms with E-state index in [1.165, 1.54) is 14.0 Å². The van der Waals surface area contributed by atoms with Crippen molar-refractivity contribution in [3.63, 3.8) is 0 Å². The highest BCUT2D eigenvalue weighted by atomic mass is 79.9. The summed E-state index contributed by atoms with van der Waals surface area (Å²) in [6.07, 6.45) is -2.25. The first kappa shape index (κ1) is 68.3. The molecule has 67 heavy (non-hydrogen) atoms. The number of hydrogen-bond donors (Lipinski definition) is 3. The van der Waals surface area contributed by atoms with Crippen LogP contribution in [0.4, 0.5) is 0 Å². The Kier molecular flexibility index (Phi) is 33.5. The quantitative estimate of drug-likeness (QED) is 0.0254. The minimum atomic E-state index is -1.33. The predicted molar refractivity (Wildman–Crippen MR) is 259 cm³/mol. The molecule has 392 valence electrons. The normalized spacial score (nSPS) is 14.1. The molecular formula is C44H81Br2N4O16S+. The molecule has 5 unspecified atom stereocenters. The number of ketones is 1. The molecule has 5 atom stereocenters. The summed E-state index contributed by atoms with van der Waals surface area (Å²) in [5.74, 6) is -4.94. The Labute approximate surface area is 420 Å². The van der Waals surface area contributed by atoms with E-state index in [1.54, 1.807) is 55.5 Å². The third-order valence-corrected chi connectivity index (χ3v) is 9.91. The lowest BCUT2D eigenvalue weighted by atomic mass is 9.88. The number of carbonyl (C=O) groups is 8. The van der Waals surface area contributed by atoms with E-state index in [1.807, 2.05) is 42.3 Å².